The monoisotopic (exact) mass is 316 g/mol. The molecule has 0 unspecified atom stereocenters. The average Bonchev–Trinajstić information content (AvgIpc) is 3.11. The zero-order chi connectivity index (χ0) is 15.6. The van der Waals surface area contributed by atoms with E-state index in [1.54, 1.807) is 0 Å². The summed E-state index contributed by atoms with van der Waals surface area (Å²) in [4.78, 5) is 0. The molecule has 5 rings (SSSR count). The van der Waals surface area contributed by atoms with Crippen molar-refractivity contribution in [2.24, 2.45) is 0 Å². The smallest absolute Gasteiger partial charge is 0.136 e. The zero-order valence-electron chi connectivity index (χ0n) is 13.1. The number of furan rings is 1. The normalized spacial score (nSPS) is 12.3. The van der Waals surface area contributed by atoms with Crippen molar-refractivity contribution < 1.29 is 4.42 Å². The molecule has 0 aliphatic heterocycles. The van der Waals surface area contributed by atoms with Gasteiger partial charge in [0.1, 0.15) is 11.2 Å². The quantitative estimate of drug-likeness (QED) is 0.322. The van der Waals surface area contributed by atoms with E-state index >= 15 is 0 Å². The van der Waals surface area contributed by atoms with Crippen LogP contribution in [0.3, 0.4) is 0 Å². The summed E-state index contributed by atoms with van der Waals surface area (Å²) in [6.45, 7) is 4.53. The van der Waals surface area contributed by atoms with Crippen LogP contribution in [-0.4, -0.2) is 0 Å². The molecule has 0 saturated heterocycles. The van der Waals surface area contributed by atoms with E-state index in [1.807, 2.05) is 23.5 Å². The van der Waals surface area contributed by atoms with Crippen LogP contribution in [0, 0.1) is 0 Å². The summed E-state index contributed by atoms with van der Waals surface area (Å²) in [5.41, 5.74) is 3.39. The lowest BCUT2D eigenvalue weighted by atomic mass is 10.0. The highest BCUT2D eigenvalue weighted by Crippen LogP contribution is 2.44. The van der Waals surface area contributed by atoms with Crippen LogP contribution < -0.4 is 0 Å². The van der Waals surface area contributed by atoms with Crippen molar-refractivity contribution in [2.45, 2.75) is 19.8 Å². The predicted molar refractivity (Wildman–Crippen MR) is 101 cm³/mol. The van der Waals surface area contributed by atoms with Crippen LogP contribution in [0.25, 0.3) is 42.1 Å². The summed E-state index contributed by atoms with van der Waals surface area (Å²) in [6.07, 6.45) is 0. The standard InChI is InChI=1S/C21H16OS/c1-12(2)13-7-5-8-14-15-10-11-18-19(21(15)23-20(13)14)16-6-3-4-9-17(16)22-18/h3-12H,1-2H3. The van der Waals surface area contributed by atoms with Gasteiger partial charge >= 0.3 is 0 Å². The van der Waals surface area contributed by atoms with Crippen molar-refractivity contribution >= 4 is 53.4 Å². The number of thiophene rings is 1. The lowest BCUT2D eigenvalue weighted by Gasteiger charge is -2.05. The Morgan fingerprint density at radius 1 is 0.739 bits per heavy atom. The van der Waals surface area contributed by atoms with E-state index in [-0.39, 0.29) is 0 Å². The third-order valence-electron chi connectivity index (χ3n) is 4.66. The van der Waals surface area contributed by atoms with E-state index in [9.17, 15) is 0 Å². The second-order valence-electron chi connectivity index (χ2n) is 6.39. The van der Waals surface area contributed by atoms with Crippen molar-refractivity contribution in [3.05, 3.63) is 60.2 Å². The third kappa shape index (κ3) is 1.73. The maximum atomic E-state index is 6.04. The van der Waals surface area contributed by atoms with Gasteiger partial charge in [0, 0.05) is 30.9 Å². The molecule has 0 aliphatic rings. The molecule has 2 aromatic heterocycles. The van der Waals surface area contributed by atoms with Gasteiger partial charge in [-0.2, -0.15) is 0 Å². The lowest BCUT2D eigenvalue weighted by Crippen LogP contribution is -1.85. The first-order valence-electron chi connectivity index (χ1n) is 7.99. The Labute approximate surface area is 138 Å². The van der Waals surface area contributed by atoms with Gasteiger partial charge < -0.3 is 4.42 Å². The summed E-state index contributed by atoms with van der Waals surface area (Å²) in [6, 6.07) is 19.3. The zero-order valence-corrected chi connectivity index (χ0v) is 13.9. The Morgan fingerprint density at radius 2 is 1.52 bits per heavy atom. The fourth-order valence-corrected chi connectivity index (χ4v) is 5.06. The Kier molecular flexibility index (Phi) is 2.62. The van der Waals surface area contributed by atoms with Crippen LogP contribution >= 0.6 is 11.3 Å². The molecule has 0 fully saturated rings. The first kappa shape index (κ1) is 13.1. The summed E-state index contributed by atoms with van der Waals surface area (Å²) in [5, 5.41) is 5.18. The van der Waals surface area contributed by atoms with Crippen molar-refractivity contribution in [3.8, 4) is 0 Å². The Morgan fingerprint density at radius 3 is 2.39 bits per heavy atom. The molecule has 23 heavy (non-hydrogen) atoms. The number of hydrogen-bond donors (Lipinski definition) is 0. The molecule has 3 aromatic carbocycles. The molecule has 5 aromatic rings. The average molecular weight is 316 g/mol. The van der Waals surface area contributed by atoms with E-state index in [4.69, 9.17) is 4.42 Å². The van der Waals surface area contributed by atoms with Crippen LogP contribution in [0.1, 0.15) is 25.3 Å². The largest absolute Gasteiger partial charge is 0.456 e. The van der Waals surface area contributed by atoms with Gasteiger partial charge in [-0.25, -0.2) is 0 Å². The molecule has 1 nitrogen and oxygen atoms in total. The molecule has 0 atom stereocenters. The first-order chi connectivity index (χ1) is 11.2. The Bertz CT molecular complexity index is 1190. The van der Waals surface area contributed by atoms with E-state index in [0.717, 1.165) is 11.2 Å². The number of fused-ring (bicyclic) bond motifs is 7. The van der Waals surface area contributed by atoms with Crippen molar-refractivity contribution in [3.63, 3.8) is 0 Å². The molecule has 0 saturated carbocycles. The minimum atomic E-state index is 0.531. The lowest BCUT2D eigenvalue weighted by molar-refractivity contribution is 0.669. The van der Waals surface area contributed by atoms with Crippen LogP contribution in [-0.2, 0) is 0 Å². The molecule has 0 aliphatic carbocycles. The number of benzene rings is 3. The molecule has 0 radical (unpaired) electrons. The molecule has 2 heterocycles. The van der Waals surface area contributed by atoms with Gasteiger partial charge in [-0.05, 0) is 29.7 Å². The summed E-state index contributed by atoms with van der Waals surface area (Å²) in [5.74, 6) is 0.531. The molecule has 0 N–H and O–H groups in total. The summed E-state index contributed by atoms with van der Waals surface area (Å²) in [7, 11) is 0. The van der Waals surface area contributed by atoms with Gasteiger partial charge in [-0.15, -0.1) is 11.3 Å². The molecular weight excluding hydrogens is 300 g/mol. The van der Waals surface area contributed by atoms with E-state index in [0.29, 0.717) is 5.92 Å². The second-order valence-corrected chi connectivity index (χ2v) is 7.41. The maximum Gasteiger partial charge on any atom is 0.136 e. The van der Waals surface area contributed by atoms with Crippen LogP contribution in [0.5, 0.6) is 0 Å². The Hall–Kier alpha value is -2.32. The number of hydrogen-bond acceptors (Lipinski definition) is 2. The van der Waals surface area contributed by atoms with E-state index in [2.05, 4.69) is 56.3 Å². The van der Waals surface area contributed by atoms with Crippen LogP contribution in [0.15, 0.2) is 59.0 Å². The minimum absolute atomic E-state index is 0.531. The number of rotatable bonds is 1. The van der Waals surface area contributed by atoms with Gasteiger partial charge in [-0.3, -0.25) is 0 Å². The van der Waals surface area contributed by atoms with Gasteiger partial charge in [0.25, 0.3) is 0 Å². The molecule has 0 spiro atoms. The third-order valence-corrected chi connectivity index (χ3v) is 5.95. The van der Waals surface area contributed by atoms with Crippen molar-refractivity contribution in [1.29, 1.82) is 0 Å². The Balaban J connectivity index is 2.05. The summed E-state index contributed by atoms with van der Waals surface area (Å²) >= 11 is 1.91. The van der Waals surface area contributed by atoms with Gasteiger partial charge in [0.05, 0.1) is 0 Å². The highest BCUT2D eigenvalue weighted by atomic mass is 32.1. The van der Waals surface area contributed by atoms with Gasteiger partial charge in [-0.1, -0.05) is 50.2 Å². The fraction of sp³-hybridized carbons (Fsp3) is 0.143. The molecule has 2 heteroatoms. The highest BCUT2D eigenvalue weighted by molar-refractivity contribution is 7.27. The first-order valence-corrected chi connectivity index (χ1v) is 8.81. The van der Waals surface area contributed by atoms with Crippen molar-refractivity contribution in [2.75, 3.05) is 0 Å². The van der Waals surface area contributed by atoms with Gasteiger partial charge in [0.15, 0.2) is 0 Å². The number of para-hydroxylation sites is 1. The van der Waals surface area contributed by atoms with E-state index < -0.39 is 0 Å². The molecule has 0 amide bonds. The van der Waals surface area contributed by atoms with E-state index in [1.165, 1.54) is 36.5 Å². The van der Waals surface area contributed by atoms with Gasteiger partial charge in [0.2, 0.25) is 0 Å². The minimum Gasteiger partial charge on any atom is -0.456 e. The fourth-order valence-electron chi connectivity index (χ4n) is 3.54. The second kappa shape index (κ2) is 4.59. The maximum absolute atomic E-state index is 6.04. The molecule has 0 bridgehead atoms. The summed E-state index contributed by atoms with van der Waals surface area (Å²) < 4.78 is 8.80. The topological polar surface area (TPSA) is 13.1 Å². The SMILES string of the molecule is CC(C)c1cccc2c1sc1c2ccc2oc3ccccc3c21. The van der Waals surface area contributed by atoms with Crippen LogP contribution in [0.4, 0.5) is 0 Å². The van der Waals surface area contributed by atoms with Crippen LogP contribution in [0.2, 0.25) is 0 Å². The highest BCUT2D eigenvalue weighted by Gasteiger charge is 2.16. The molecule has 112 valence electrons. The molecular formula is C21H16OS. The van der Waals surface area contributed by atoms with Crippen molar-refractivity contribution in [1.82, 2.24) is 0 Å². The predicted octanol–water partition coefficient (Wildman–Crippen LogP) is 7.08.